The van der Waals surface area contributed by atoms with Crippen molar-refractivity contribution in [3.8, 4) is 0 Å². The van der Waals surface area contributed by atoms with Gasteiger partial charge in [-0.1, -0.05) is 60.7 Å². The Morgan fingerprint density at radius 3 is 1.03 bits per heavy atom. The first-order chi connectivity index (χ1) is 28.6. The van der Waals surface area contributed by atoms with Crippen molar-refractivity contribution in [3.63, 3.8) is 0 Å². The van der Waals surface area contributed by atoms with Gasteiger partial charge >= 0.3 is 0 Å². The van der Waals surface area contributed by atoms with Crippen LogP contribution in [0.15, 0.2) is 133 Å². The number of anilines is 6. The van der Waals surface area contributed by atoms with Crippen LogP contribution in [0.25, 0.3) is 0 Å². The van der Waals surface area contributed by atoms with Crippen molar-refractivity contribution in [2.75, 3.05) is 90.1 Å². The average molecular weight is 789 g/mol. The quantitative estimate of drug-likeness (QED) is 0.0565. The first kappa shape index (κ1) is 41.5. The number of ether oxygens (including phenoxy) is 8. The molecule has 2 heterocycles. The van der Waals surface area contributed by atoms with Crippen molar-refractivity contribution in [2.45, 2.75) is 37.3 Å². The third kappa shape index (κ3) is 10.9. The summed E-state index contributed by atoms with van der Waals surface area (Å²) in [7, 11) is 3.42. The topological polar surface area (TPSA) is 80.3 Å². The number of methoxy groups -OCH3 is 2. The second-order valence-corrected chi connectivity index (χ2v) is 14.9. The van der Waals surface area contributed by atoms with Gasteiger partial charge in [0.1, 0.15) is 11.2 Å². The van der Waals surface area contributed by atoms with Crippen LogP contribution in [0.2, 0.25) is 0 Å². The van der Waals surface area contributed by atoms with E-state index < -0.39 is 0 Å². The van der Waals surface area contributed by atoms with E-state index in [9.17, 15) is 0 Å². The number of nitrogens with zero attached hydrogens (tertiary/aromatic N) is 2. The molecule has 10 nitrogen and oxygen atoms in total. The maximum Gasteiger partial charge on any atom is 0.137 e. The molecule has 0 N–H and O–H groups in total. The molecular formula is C48H56N2O8. The molecule has 5 aromatic rings. The molecule has 7 rings (SSSR count). The van der Waals surface area contributed by atoms with Gasteiger partial charge in [0.25, 0.3) is 0 Å². The molecule has 2 saturated heterocycles. The third-order valence-corrected chi connectivity index (χ3v) is 10.5. The zero-order chi connectivity index (χ0) is 39.9. The Morgan fingerprint density at radius 1 is 0.414 bits per heavy atom. The lowest BCUT2D eigenvalue weighted by molar-refractivity contribution is -0.220. The van der Waals surface area contributed by atoms with E-state index in [4.69, 9.17) is 37.9 Å². The zero-order valence-corrected chi connectivity index (χ0v) is 33.8. The molecule has 0 radical (unpaired) electrons. The summed E-state index contributed by atoms with van der Waals surface area (Å²) in [6.45, 7) is 7.07. The Bertz CT molecular complexity index is 1770. The van der Waals surface area contributed by atoms with Crippen molar-refractivity contribution < 1.29 is 37.9 Å². The van der Waals surface area contributed by atoms with Crippen LogP contribution in [0.1, 0.15) is 24.0 Å². The van der Waals surface area contributed by atoms with Gasteiger partial charge in [-0.25, -0.2) is 0 Å². The lowest BCUT2D eigenvalue weighted by Crippen LogP contribution is -2.54. The monoisotopic (exact) mass is 788 g/mol. The normalized spacial score (nSPS) is 15.3. The van der Waals surface area contributed by atoms with Crippen LogP contribution in [0.5, 0.6) is 0 Å². The first-order valence-corrected chi connectivity index (χ1v) is 20.1. The zero-order valence-electron chi connectivity index (χ0n) is 33.8. The van der Waals surface area contributed by atoms with E-state index in [1.807, 2.05) is 12.1 Å². The Morgan fingerprint density at radius 2 is 0.724 bits per heavy atom. The highest BCUT2D eigenvalue weighted by molar-refractivity contribution is 5.81. The largest absolute Gasteiger partial charge is 0.378 e. The van der Waals surface area contributed by atoms with Crippen molar-refractivity contribution in [3.05, 3.63) is 145 Å². The number of hydrogen-bond donors (Lipinski definition) is 0. The standard InChI is InChI=1S/C48H56N2O8/c1-51-47(35-57-36-47)33-55-29-9-27-53-31-39-15-19-43(20-16-39)49(41-11-5-3-6-12-41)45-23-25-46(26-24-45)50(42-13-7-4-8-14-42)44-21-17-40(18-22-44)32-54-28-10-30-56-34-48(52-2)37-58-38-48/h3-8,11-26H,9-10,27-38H2,1-2H3. The van der Waals surface area contributed by atoms with Gasteiger partial charge in [0.15, 0.2) is 0 Å². The Labute approximate surface area is 343 Å². The highest BCUT2D eigenvalue weighted by Gasteiger charge is 2.39. The third-order valence-electron chi connectivity index (χ3n) is 10.5. The molecule has 0 spiro atoms. The van der Waals surface area contributed by atoms with Gasteiger partial charge in [0, 0.05) is 74.8 Å². The predicted octanol–water partition coefficient (Wildman–Crippen LogP) is 9.30. The highest BCUT2D eigenvalue weighted by Crippen LogP contribution is 2.39. The molecule has 2 aliphatic rings. The van der Waals surface area contributed by atoms with Crippen LogP contribution in [0, 0.1) is 0 Å². The fraction of sp³-hybridized carbons (Fsp3) is 0.375. The van der Waals surface area contributed by atoms with Gasteiger partial charge in [-0.05, 0) is 96.8 Å². The highest BCUT2D eigenvalue weighted by atomic mass is 16.6. The van der Waals surface area contributed by atoms with Crippen LogP contribution >= 0.6 is 0 Å². The summed E-state index contributed by atoms with van der Waals surface area (Å²) in [5.74, 6) is 0. The SMILES string of the molecule is COC1(COCCCOCc2ccc(N(c3ccccc3)c3ccc(N(c4ccccc4)c4ccc(COCCCOCC5(OC)COC5)cc4)cc3)cc2)COC1. The lowest BCUT2D eigenvalue weighted by atomic mass is 10.0. The van der Waals surface area contributed by atoms with Crippen LogP contribution < -0.4 is 9.80 Å². The van der Waals surface area contributed by atoms with Gasteiger partial charge < -0.3 is 47.7 Å². The summed E-state index contributed by atoms with van der Waals surface area (Å²) in [5.41, 5.74) is 8.10. The molecule has 0 aromatic heterocycles. The molecule has 10 heteroatoms. The lowest BCUT2D eigenvalue weighted by Gasteiger charge is -2.39. The number of para-hydroxylation sites is 2. The van der Waals surface area contributed by atoms with Gasteiger partial charge in [0.05, 0.1) is 52.9 Å². The average Bonchev–Trinajstić information content (AvgIpc) is 3.24. The fourth-order valence-corrected chi connectivity index (χ4v) is 6.88. The summed E-state index contributed by atoms with van der Waals surface area (Å²) in [4.78, 5) is 4.55. The molecular weight excluding hydrogens is 733 g/mol. The van der Waals surface area contributed by atoms with Crippen molar-refractivity contribution in [1.82, 2.24) is 0 Å². The molecule has 0 bridgehead atoms. The fourth-order valence-electron chi connectivity index (χ4n) is 6.88. The number of benzene rings is 5. The molecule has 0 aliphatic carbocycles. The second-order valence-electron chi connectivity index (χ2n) is 14.9. The van der Waals surface area contributed by atoms with Crippen LogP contribution in [0.4, 0.5) is 34.1 Å². The minimum absolute atomic E-state index is 0.275. The van der Waals surface area contributed by atoms with E-state index in [1.54, 1.807) is 14.2 Å². The Kier molecular flexibility index (Phi) is 15.0. The predicted molar refractivity (Wildman–Crippen MR) is 227 cm³/mol. The molecule has 306 valence electrons. The summed E-state index contributed by atoms with van der Waals surface area (Å²) in [6, 6.07) is 46.9. The van der Waals surface area contributed by atoms with E-state index in [1.165, 1.54) is 0 Å². The van der Waals surface area contributed by atoms with Gasteiger partial charge in [-0.3, -0.25) is 0 Å². The van der Waals surface area contributed by atoms with Crippen LogP contribution in [-0.4, -0.2) is 91.5 Å². The molecule has 2 aliphatic heterocycles. The van der Waals surface area contributed by atoms with Crippen molar-refractivity contribution >= 4 is 34.1 Å². The van der Waals surface area contributed by atoms with Crippen LogP contribution in [0.3, 0.4) is 0 Å². The molecule has 0 saturated carbocycles. The van der Waals surface area contributed by atoms with Crippen molar-refractivity contribution in [2.24, 2.45) is 0 Å². The van der Waals surface area contributed by atoms with E-state index in [0.717, 1.165) is 58.1 Å². The molecule has 0 unspecified atom stereocenters. The van der Waals surface area contributed by atoms with E-state index in [0.29, 0.717) is 79.3 Å². The summed E-state index contributed by atoms with van der Waals surface area (Å²) < 4.78 is 45.2. The molecule has 2 fully saturated rings. The first-order valence-electron chi connectivity index (χ1n) is 20.1. The smallest absolute Gasteiger partial charge is 0.137 e. The van der Waals surface area contributed by atoms with Crippen molar-refractivity contribution in [1.29, 1.82) is 0 Å². The maximum absolute atomic E-state index is 5.98. The molecule has 0 atom stereocenters. The molecule has 58 heavy (non-hydrogen) atoms. The number of hydrogen-bond acceptors (Lipinski definition) is 10. The Hall–Kier alpha value is -4.62. The van der Waals surface area contributed by atoms with E-state index >= 15 is 0 Å². The molecule has 0 amide bonds. The summed E-state index contributed by atoms with van der Waals surface area (Å²) in [5, 5.41) is 0. The summed E-state index contributed by atoms with van der Waals surface area (Å²) >= 11 is 0. The van der Waals surface area contributed by atoms with Gasteiger partial charge in [0.2, 0.25) is 0 Å². The minimum atomic E-state index is -0.275. The van der Waals surface area contributed by atoms with Gasteiger partial charge in [-0.15, -0.1) is 0 Å². The second kappa shape index (κ2) is 20.9. The van der Waals surface area contributed by atoms with Gasteiger partial charge in [-0.2, -0.15) is 0 Å². The maximum atomic E-state index is 5.98. The molecule has 5 aromatic carbocycles. The Balaban J connectivity index is 0.959. The van der Waals surface area contributed by atoms with Crippen LogP contribution in [-0.2, 0) is 51.1 Å². The minimum Gasteiger partial charge on any atom is -0.378 e. The van der Waals surface area contributed by atoms with E-state index in [2.05, 4.69) is 131 Å². The van der Waals surface area contributed by atoms with E-state index in [-0.39, 0.29) is 11.2 Å². The number of rotatable bonds is 24. The summed E-state index contributed by atoms with van der Waals surface area (Å²) in [6.07, 6.45) is 1.65.